The minimum absolute atomic E-state index is 0.0789. The molecule has 204 valence electrons. The van der Waals surface area contributed by atoms with Crippen molar-refractivity contribution in [3.63, 3.8) is 0 Å². The number of hydrogen-bond acceptors (Lipinski definition) is 8. The van der Waals surface area contributed by atoms with Crippen LogP contribution < -0.4 is 30.1 Å². The number of carbonyl (C=O) groups is 2. The number of ether oxygens (including phenoxy) is 1. The molecule has 0 unspecified atom stereocenters. The molecule has 1 fully saturated rings. The molecule has 2 heterocycles. The summed E-state index contributed by atoms with van der Waals surface area (Å²) in [6, 6.07) is 8.58. The first-order valence-corrected chi connectivity index (χ1v) is 13.0. The molecule has 1 saturated heterocycles. The molecular formula is C25H30F2N6O4S. The minimum Gasteiger partial charge on any atom is -0.484 e. The van der Waals surface area contributed by atoms with Crippen molar-refractivity contribution in [1.82, 2.24) is 19.7 Å². The summed E-state index contributed by atoms with van der Waals surface area (Å²) >= 11 is 0.901. The number of likely N-dealkylation sites (N-methyl/N-ethyl adjacent to an activating group) is 1. The minimum atomic E-state index is -2.77. The third-order valence-electron chi connectivity index (χ3n) is 5.93. The Morgan fingerprint density at radius 3 is 2.58 bits per heavy atom. The highest BCUT2D eigenvalue weighted by molar-refractivity contribution is 7.07. The molecule has 1 aromatic carbocycles. The van der Waals surface area contributed by atoms with Crippen molar-refractivity contribution < 1.29 is 23.1 Å². The highest BCUT2D eigenvalue weighted by atomic mass is 32.1. The summed E-state index contributed by atoms with van der Waals surface area (Å²) in [4.78, 5) is 41.7. The Bertz CT molecular complexity index is 1360. The number of amides is 2. The summed E-state index contributed by atoms with van der Waals surface area (Å²) < 4.78 is 32.1. The Balaban J connectivity index is 1.73. The summed E-state index contributed by atoms with van der Waals surface area (Å²) in [7, 11) is 0. The Labute approximate surface area is 222 Å². The third-order valence-corrected chi connectivity index (χ3v) is 7.06. The molecule has 0 aliphatic carbocycles. The van der Waals surface area contributed by atoms with Gasteiger partial charge in [-0.1, -0.05) is 13.0 Å². The number of rotatable bonds is 10. The Kier molecular flexibility index (Phi) is 10.4. The number of anilines is 1. The van der Waals surface area contributed by atoms with Gasteiger partial charge in [-0.3, -0.25) is 19.0 Å². The highest BCUT2D eigenvalue weighted by Crippen LogP contribution is 2.17. The number of hydrogen-bond donors (Lipinski definition) is 2. The van der Waals surface area contributed by atoms with Crippen LogP contribution in [-0.2, 0) is 16.1 Å². The van der Waals surface area contributed by atoms with Gasteiger partial charge < -0.3 is 25.2 Å². The summed E-state index contributed by atoms with van der Waals surface area (Å²) in [6.45, 7) is 6.95. The summed E-state index contributed by atoms with van der Waals surface area (Å²) in [5, 5.41) is 14.4. The summed E-state index contributed by atoms with van der Waals surface area (Å²) in [6.07, 6.45) is -1.33. The lowest BCUT2D eigenvalue weighted by Crippen LogP contribution is -2.49. The molecule has 2 amide bonds. The van der Waals surface area contributed by atoms with Crippen LogP contribution in [0.1, 0.15) is 13.8 Å². The van der Waals surface area contributed by atoms with Gasteiger partial charge in [0, 0.05) is 50.7 Å². The maximum atomic E-state index is 12.8. The van der Waals surface area contributed by atoms with E-state index in [1.165, 1.54) is 10.8 Å². The van der Waals surface area contributed by atoms with Crippen molar-refractivity contribution in [2.75, 3.05) is 51.2 Å². The number of alkyl halides is 2. The molecule has 1 aromatic heterocycles. The fraction of sp³-hybridized carbons (Fsp3) is 0.440. The van der Waals surface area contributed by atoms with Crippen molar-refractivity contribution >= 4 is 40.6 Å². The Hall–Kier alpha value is -3.76. The molecule has 1 aliphatic rings. The molecule has 38 heavy (non-hydrogen) atoms. The number of nitrogens with one attached hydrogen (secondary N) is 2. The number of benzene rings is 1. The number of thiazole rings is 1. The van der Waals surface area contributed by atoms with Crippen LogP contribution in [0.4, 0.5) is 14.5 Å². The maximum Gasteiger partial charge on any atom is 0.270 e. The predicted octanol–water partition coefficient (Wildman–Crippen LogP) is 0.378. The van der Waals surface area contributed by atoms with E-state index >= 15 is 0 Å². The number of carbonyl (C=O) groups excluding carboxylic acids is 2. The summed E-state index contributed by atoms with van der Waals surface area (Å²) in [5.41, 5.74) is -0.260. The van der Waals surface area contributed by atoms with Gasteiger partial charge in [0.2, 0.25) is 0 Å². The lowest BCUT2D eigenvalue weighted by Gasteiger charge is -2.33. The Morgan fingerprint density at radius 2 is 1.95 bits per heavy atom. The standard InChI is InChI=1S/C25H30F2N6O4S/c1-3-31-8-10-32(11-9-31)22(34)16-37-18-7-5-6-17(12-18)29-14-20-24(36)33(4-2)25(38-20)19(13-28)23(35)30-15-21(26)27/h5-7,12,14,21,29H,3-4,8-11,15-16H2,1-2H3,(H,30,35)/b20-14+,25-19-. The highest BCUT2D eigenvalue weighted by Gasteiger charge is 2.20. The van der Waals surface area contributed by atoms with Gasteiger partial charge in [0.1, 0.15) is 21.0 Å². The third kappa shape index (κ3) is 7.39. The number of nitriles is 1. The fourth-order valence-electron chi connectivity index (χ4n) is 3.82. The van der Waals surface area contributed by atoms with E-state index < -0.39 is 30.0 Å². The molecule has 0 bridgehead atoms. The second-order valence-electron chi connectivity index (χ2n) is 8.33. The largest absolute Gasteiger partial charge is 0.484 e. The molecule has 2 aromatic rings. The van der Waals surface area contributed by atoms with E-state index in [2.05, 4.69) is 17.1 Å². The molecule has 0 saturated carbocycles. The first-order chi connectivity index (χ1) is 18.3. The Morgan fingerprint density at radius 1 is 1.21 bits per heavy atom. The van der Waals surface area contributed by atoms with Gasteiger partial charge in [0.25, 0.3) is 23.8 Å². The molecule has 0 atom stereocenters. The van der Waals surface area contributed by atoms with E-state index in [0.717, 1.165) is 31.0 Å². The van der Waals surface area contributed by atoms with Crippen LogP contribution in [0.2, 0.25) is 0 Å². The lowest BCUT2D eigenvalue weighted by molar-refractivity contribution is -0.135. The van der Waals surface area contributed by atoms with Gasteiger partial charge in [-0.25, -0.2) is 8.78 Å². The number of aromatic nitrogens is 1. The van der Waals surface area contributed by atoms with Crippen LogP contribution in [0.25, 0.3) is 11.8 Å². The second kappa shape index (κ2) is 13.7. The molecule has 10 nitrogen and oxygen atoms in total. The number of piperazine rings is 1. The molecule has 2 N–H and O–H groups in total. The molecule has 3 rings (SSSR count). The van der Waals surface area contributed by atoms with Gasteiger partial charge in [0.05, 0.1) is 6.54 Å². The van der Waals surface area contributed by atoms with Crippen molar-refractivity contribution in [2.45, 2.75) is 26.8 Å². The average Bonchev–Trinajstić information content (AvgIpc) is 3.24. The zero-order valence-corrected chi connectivity index (χ0v) is 22.0. The molecule has 0 radical (unpaired) electrons. The fourth-order valence-corrected chi connectivity index (χ4v) is 4.91. The predicted molar refractivity (Wildman–Crippen MR) is 140 cm³/mol. The van der Waals surface area contributed by atoms with Crippen LogP contribution in [0, 0.1) is 11.3 Å². The van der Waals surface area contributed by atoms with Crippen molar-refractivity contribution in [3.05, 3.63) is 43.8 Å². The van der Waals surface area contributed by atoms with Crippen LogP contribution >= 0.6 is 11.3 Å². The number of halogens is 2. The van der Waals surface area contributed by atoms with Gasteiger partial charge >= 0.3 is 0 Å². The molecule has 1 aliphatic heterocycles. The van der Waals surface area contributed by atoms with Gasteiger partial charge in [-0.15, -0.1) is 11.3 Å². The quantitative estimate of drug-likeness (QED) is 0.441. The normalized spacial score (nSPS) is 15.3. The topological polar surface area (TPSA) is 120 Å². The van der Waals surface area contributed by atoms with Crippen LogP contribution in [0.3, 0.4) is 0 Å². The van der Waals surface area contributed by atoms with Gasteiger partial charge in [-0.05, 0) is 25.6 Å². The van der Waals surface area contributed by atoms with E-state index in [1.807, 2.05) is 5.32 Å². The zero-order chi connectivity index (χ0) is 27.7. The molecule has 0 spiro atoms. The van der Waals surface area contributed by atoms with E-state index in [0.29, 0.717) is 24.5 Å². The second-order valence-corrected chi connectivity index (χ2v) is 9.36. The van der Waals surface area contributed by atoms with Crippen molar-refractivity contribution in [1.29, 1.82) is 5.26 Å². The van der Waals surface area contributed by atoms with E-state index in [-0.39, 0.29) is 28.3 Å². The van der Waals surface area contributed by atoms with Crippen LogP contribution in [-0.4, -0.2) is 78.5 Å². The van der Waals surface area contributed by atoms with E-state index in [1.54, 1.807) is 42.2 Å². The van der Waals surface area contributed by atoms with Crippen molar-refractivity contribution in [2.24, 2.45) is 0 Å². The maximum absolute atomic E-state index is 12.8. The van der Waals surface area contributed by atoms with Crippen LogP contribution in [0.5, 0.6) is 5.75 Å². The average molecular weight is 549 g/mol. The monoisotopic (exact) mass is 548 g/mol. The smallest absolute Gasteiger partial charge is 0.270 e. The zero-order valence-electron chi connectivity index (χ0n) is 21.2. The van der Waals surface area contributed by atoms with E-state index in [9.17, 15) is 28.4 Å². The summed E-state index contributed by atoms with van der Waals surface area (Å²) in [5.74, 6) is -0.584. The lowest BCUT2D eigenvalue weighted by atomic mass is 10.3. The first-order valence-electron chi connectivity index (χ1n) is 12.2. The number of nitrogens with zero attached hydrogens (tertiary/aromatic N) is 4. The van der Waals surface area contributed by atoms with Crippen molar-refractivity contribution in [3.8, 4) is 11.8 Å². The molecular weight excluding hydrogens is 518 g/mol. The van der Waals surface area contributed by atoms with Gasteiger partial charge in [-0.2, -0.15) is 5.26 Å². The molecule has 13 heteroatoms. The first kappa shape index (κ1) is 28.8. The van der Waals surface area contributed by atoms with E-state index in [4.69, 9.17) is 4.74 Å². The SMILES string of the molecule is CCN1CCN(C(=O)COc2cccc(N/C=c3/s/c(=C(/C#N)C(=O)NCC(F)F)n(CC)c3=O)c2)CC1. The van der Waals surface area contributed by atoms with Gasteiger partial charge in [0.15, 0.2) is 12.2 Å². The van der Waals surface area contributed by atoms with Crippen LogP contribution in [0.15, 0.2) is 29.1 Å².